The minimum atomic E-state index is -0.245. The number of halogens is 1. The SMILES string of the molecule is CCNC(Cc1ccc(F)cc1)C(=O)CC. The van der Waals surface area contributed by atoms with Gasteiger partial charge in [-0.15, -0.1) is 0 Å². The molecule has 1 atom stereocenters. The van der Waals surface area contributed by atoms with E-state index in [0.29, 0.717) is 12.8 Å². The summed E-state index contributed by atoms with van der Waals surface area (Å²) in [5.74, 6) is -0.0447. The van der Waals surface area contributed by atoms with E-state index in [4.69, 9.17) is 0 Å². The average Bonchev–Trinajstić information content (AvgIpc) is 2.30. The van der Waals surface area contributed by atoms with Gasteiger partial charge in [-0.2, -0.15) is 0 Å². The van der Waals surface area contributed by atoms with Crippen molar-refractivity contribution in [2.45, 2.75) is 32.7 Å². The lowest BCUT2D eigenvalue weighted by atomic mass is 10.0. The molecular weight excluding hydrogens is 205 g/mol. The molecule has 1 aromatic rings. The maximum atomic E-state index is 12.7. The summed E-state index contributed by atoms with van der Waals surface area (Å²) in [6, 6.07) is 6.15. The Morgan fingerprint density at radius 3 is 2.44 bits per heavy atom. The maximum absolute atomic E-state index is 12.7. The number of Topliss-reactive ketones (excluding diaryl/α,β-unsaturated/α-hetero) is 1. The predicted molar refractivity (Wildman–Crippen MR) is 62.9 cm³/mol. The van der Waals surface area contributed by atoms with Gasteiger partial charge in [-0.1, -0.05) is 26.0 Å². The van der Waals surface area contributed by atoms with Crippen LogP contribution in [0.3, 0.4) is 0 Å². The first-order valence-corrected chi connectivity index (χ1v) is 5.67. The molecule has 0 bridgehead atoms. The van der Waals surface area contributed by atoms with Gasteiger partial charge in [-0.25, -0.2) is 4.39 Å². The molecule has 1 N–H and O–H groups in total. The fourth-order valence-electron chi connectivity index (χ4n) is 1.65. The second kappa shape index (κ2) is 6.38. The molecule has 0 radical (unpaired) electrons. The molecule has 16 heavy (non-hydrogen) atoms. The Balaban J connectivity index is 2.67. The standard InChI is InChI=1S/C13H18FNO/c1-3-13(16)12(15-4-2)9-10-5-7-11(14)8-6-10/h5-8,12,15H,3-4,9H2,1-2H3. The van der Waals surface area contributed by atoms with Crippen LogP contribution in [0.4, 0.5) is 4.39 Å². The van der Waals surface area contributed by atoms with E-state index in [1.807, 2.05) is 13.8 Å². The van der Waals surface area contributed by atoms with Crippen LogP contribution in [0.25, 0.3) is 0 Å². The summed E-state index contributed by atoms with van der Waals surface area (Å²) in [6.07, 6.45) is 1.15. The van der Waals surface area contributed by atoms with Gasteiger partial charge in [0, 0.05) is 6.42 Å². The number of carbonyl (C=O) groups is 1. The van der Waals surface area contributed by atoms with Crippen LogP contribution in [0.15, 0.2) is 24.3 Å². The third kappa shape index (κ3) is 3.74. The van der Waals surface area contributed by atoms with Gasteiger partial charge in [0.15, 0.2) is 0 Å². The number of likely N-dealkylation sites (N-methyl/N-ethyl adjacent to an activating group) is 1. The topological polar surface area (TPSA) is 29.1 Å². The van der Waals surface area contributed by atoms with E-state index < -0.39 is 0 Å². The van der Waals surface area contributed by atoms with E-state index >= 15 is 0 Å². The summed E-state index contributed by atoms with van der Waals surface area (Å²) in [5, 5.41) is 3.15. The lowest BCUT2D eigenvalue weighted by molar-refractivity contribution is -0.120. The van der Waals surface area contributed by atoms with Gasteiger partial charge in [0.1, 0.15) is 11.6 Å². The summed E-state index contributed by atoms with van der Waals surface area (Å²) >= 11 is 0. The molecule has 1 rings (SSSR count). The molecule has 0 aliphatic carbocycles. The maximum Gasteiger partial charge on any atom is 0.149 e. The van der Waals surface area contributed by atoms with E-state index in [9.17, 15) is 9.18 Å². The van der Waals surface area contributed by atoms with Crippen LogP contribution in [-0.2, 0) is 11.2 Å². The lowest BCUT2D eigenvalue weighted by Crippen LogP contribution is -2.38. The van der Waals surface area contributed by atoms with E-state index in [0.717, 1.165) is 12.1 Å². The molecule has 0 spiro atoms. The Morgan fingerprint density at radius 1 is 1.31 bits per heavy atom. The molecule has 1 unspecified atom stereocenters. The van der Waals surface area contributed by atoms with Gasteiger partial charge in [-0.05, 0) is 30.7 Å². The average molecular weight is 223 g/mol. The smallest absolute Gasteiger partial charge is 0.149 e. The Bertz CT molecular complexity index is 334. The van der Waals surface area contributed by atoms with E-state index in [1.54, 1.807) is 12.1 Å². The van der Waals surface area contributed by atoms with Crippen LogP contribution >= 0.6 is 0 Å². The molecule has 1 aromatic carbocycles. The molecule has 88 valence electrons. The highest BCUT2D eigenvalue weighted by molar-refractivity contribution is 5.84. The van der Waals surface area contributed by atoms with Crippen molar-refractivity contribution in [1.29, 1.82) is 0 Å². The summed E-state index contributed by atoms with van der Waals surface area (Å²) in [4.78, 5) is 11.6. The first-order chi connectivity index (χ1) is 7.67. The van der Waals surface area contributed by atoms with E-state index in [1.165, 1.54) is 12.1 Å². The molecule has 0 amide bonds. The highest BCUT2D eigenvalue weighted by Gasteiger charge is 2.15. The van der Waals surface area contributed by atoms with Crippen LogP contribution in [-0.4, -0.2) is 18.4 Å². The Morgan fingerprint density at radius 2 is 1.94 bits per heavy atom. The first kappa shape index (κ1) is 12.8. The number of hydrogen-bond acceptors (Lipinski definition) is 2. The van der Waals surface area contributed by atoms with Gasteiger partial charge in [0.05, 0.1) is 6.04 Å². The summed E-state index contributed by atoms with van der Waals surface area (Å²) in [5.41, 5.74) is 0.981. The highest BCUT2D eigenvalue weighted by Crippen LogP contribution is 2.07. The zero-order valence-corrected chi connectivity index (χ0v) is 9.79. The number of hydrogen-bond donors (Lipinski definition) is 1. The monoisotopic (exact) mass is 223 g/mol. The number of ketones is 1. The molecule has 2 nitrogen and oxygen atoms in total. The minimum Gasteiger partial charge on any atom is -0.307 e. The molecule has 3 heteroatoms. The van der Waals surface area contributed by atoms with Crippen LogP contribution in [0, 0.1) is 5.82 Å². The third-order valence-electron chi connectivity index (χ3n) is 2.54. The lowest BCUT2D eigenvalue weighted by Gasteiger charge is -2.15. The normalized spacial score (nSPS) is 12.4. The van der Waals surface area contributed by atoms with Crippen molar-refractivity contribution in [1.82, 2.24) is 5.32 Å². The highest BCUT2D eigenvalue weighted by atomic mass is 19.1. The van der Waals surface area contributed by atoms with Crippen molar-refractivity contribution in [3.8, 4) is 0 Å². The molecule has 0 saturated carbocycles. The van der Waals surface area contributed by atoms with Crippen LogP contribution in [0.5, 0.6) is 0 Å². The zero-order chi connectivity index (χ0) is 12.0. The van der Waals surface area contributed by atoms with Crippen LogP contribution < -0.4 is 5.32 Å². The second-order valence-corrected chi connectivity index (χ2v) is 3.76. The molecule has 0 heterocycles. The fourth-order valence-corrected chi connectivity index (χ4v) is 1.65. The van der Waals surface area contributed by atoms with E-state index in [-0.39, 0.29) is 17.6 Å². The largest absolute Gasteiger partial charge is 0.307 e. The summed E-state index contributed by atoms with van der Waals surface area (Å²) in [6.45, 7) is 4.59. The van der Waals surface area contributed by atoms with Gasteiger partial charge >= 0.3 is 0 Å². The van der Waals surface area contributed by atoms with Crippen molar-refractivity contribution < 1.29 is 9.18 Å². The van der Waals surface area contributed by atoms with Crippen molar-refractivity contribution in [3.05, 3.63) is 35.6 Å². The van der Waals surface area contributed by atoms with Crippen LogP contribution in [0.2, 0.25) is 0 Å². The van der Waals surface area contributed by atoms with Crippen LogP contribution in [0.1, 0.15) is 25.8 Å². The van der Waals surface area contributed by atoms with Gasteiger partial charge in [-0.3, -0.25) is 4.79 Å². The first-order valence-electron chi connectivity index (χ1n) is 5.67. The molecule has 0 aliphatic rings. The Kier molecular flexibility index (Phi) is 5.12. The van der Waals surface area contributed by atoms with E-state index in [2.05, 4.69) is 5.32 Å². The fraction of sp³-hybridized carbons (Fsp3) is 0.462. The predicted octanol–water partition coefficient (Wildman–Crippen LogP) is 2.33. The zero-order valence-electron chi connectivity index (χ0n) is 9.79. The number of benzene rings is 1. The number of carbonyl (C=O) groups excluding carboxylic acids is 1. The summed E-state index contributed by atoms with van der Waals surface area (Å²) < 4.78 is 12.7. The summed E-state index contributed by atoms with van der Waals surface area (Å²) in [7, 11) is 0. The number of nitrogens with one attached hydrogen (secondary N) is 1. The number of rotatable bonds is 6. The molecule has 0 aromatic heterocycles. The van der Waals surface area contributed by atoms with Crippen molar-refractivity contribution >= 4 is 5.78 Å². The third-order valence-corrected chi connectivity index (χ3v) is 2.54. The van der Waals surface area contributed by atoms with Crippen molar-refractivity contribution in [3.63, 3.8) is 0 Å². The minimum absolute atomic E-state index is 0.152. The van der Waals surface area contributed by atoms with Gasteiger partial charge in [0.25, 0.3) is 0 Å². The Labute approximate surface area is 95.9 Å². The van der Waals surface area contributed by atoms with Crippen molar-refractivity contribution in [2.75, 3.05) is 6.54 Å². The molecule has 0 fully saturated rings. The Hall–Kier alpha value is -1.22. The molecule has 0 aliphatic heterocycles. The molecule has 0 saturated heterocycles. The van der Waals surface area contributed by atoms with Gasteiger partial charge < -0.3 is 5.32 Å². The van der Waals surface area contributed by atoms with Crippen molar-refractivity contribution in [2.24, 2.45) is 0 Å². The van der Waals surface area contributed by atoms with Gasteiger partial charge in [0.2, 0.25) is 0 Å². The quantitative estimate of drug-likeness (QED) is 0.802. The molecular formula is C13H18FNO. The second-order valence-electron chi connectivity index (χ2n) is 3.76.